The molecule has 0 atom stereocenters. The minimum Gasteiger partial charge on any atom is -0.326 e. The standard InChI is InChI=1S/C27H32N4O2/c32-26(19-7-3-1-4-8-19)28-21-13-11-18(12-14-21)25-30-23-16-15-22(17-24(23)31-25)29-27(33)20-9-5-2-6-10-20/h11-17,19-20H,1-10H2,(H,28,32)(H,29,33)(H,30,31)/p+1. The zero-order chi connectivity index (χ0) is 22.6. The van der Waals surface area contributed by atoms with E-state index < -0.39 is 0 Å². The van der Waals surface area contributed by atoms with Crippen LogP contribution in [0.1, 0.15) is 64.2 Å². The molecule has 1 heterocycles. The van der Waals surface area contributed by atoms with Crippen molar-refractivity contribution in [3.05, 3.63) is 42.5 Å². The van der Waals surface area contributed by atoms with E-state index in [1.54, 1.807) is 0 Å². The maximum atomic E-state index is 12.6. The van der Waals surface area contributed by atoms with Gasteiger partial charge in [0.2, 0.25) is 11.8 Å². The van der Waals surface area contributed by atoms with Gasteiger partial charge in [-0.3, -0.25) is 9.59 Å². The smallest absolute Gasteiger partial charge is 0.285 e. The fourth-order valence-corrected chi connectivity index (χ4v) is 5.22. The average molecular weight is 446 g/mol. The number of anilines is 2. The summed E-state index contributed by atoms with van der Waals surface area (Å²) in [5.41, 5.74) is 4.59. The maximum absolute atomic E-state index is 12.6. The summed E-state index contributed by atoms with van der Waals surface area (Å²) < 4.78 is 0. The van der Waals surface area contributed by atoms with E-state index in [1.807, 2.05) is 42.5 Å². The average Bonchev–Trinajstić information content (AvgIpc) is 3.29. The van der Waals surface area contributed by atoms with Gasteiger partial charge in [0.15, 0.2) is 11.0 Å². The molecule has 0 saturated heterocycles. The van der Waals surface area contributed by atoms with Gasteiger partial charge in [-0.2, -0.15) is 0 Å². The van der Waals surface area contributed by atoms with Crippen molar-refractivity contribution in [2.45, 2.75) is 64.2 Å². The Morgan fingerprint density at radius 2 is 1.27 bits per heavy atom. The number of hydrogen-bond acceptors (Lipinski definition) is 2. The van der Waals surface area contributed by atoms with E-state index >= 15 is 0 Å². The van der Waals surface area contributed by atoms with E-state index in [-0.39, 0.29) is 23.7 Å². The molecule has 2 aliphatic rings. The molecule has 0 bridgehead atoms. The number of benzene rings is 2. The first kappa shape index (κ1) is 21.7. The number of rotatable bonds is 5. The van der Waals surface area contributed by atoms with Crippen LogP contribution in [0.15, 0.2) is 42.5 Å². The number of nitrogens with one attached hydrogen (secondary N) is 4. The monoisotopic (exact) mass is 445 g/mol. The molecule has 2 aliphatic carbocycles. The lowest BCUT2D eigenvalue weighted by molar-refractivity contribution is -0.330. The van der Waals surface area contributed by atoms with Gasteiger partial charge in [0, 0.05) is 29.3 Å². The van der Waals surface area contributed by atoms with Crippen molar-refractivity contribution in [1.82, 2.24) is 4.98 Å². The Bertz CT molecular complexity index is 1120. The molecule has 4 N–H and O–H groups in total. The third-order valence-electron chi connectivity index (χ3n) is 7.20. The van der Waals surface area contributed by atoms with Crippen LogP contribution in [-0.2, 0) is 9.59 Å². The van der Waals surface area contributed by atoms with Crippen LogP contribution in [0.2, 0.25) is 0 Å². The number of imidazole rings is 1. The Morgan fingerprint density at radius 3 is 1.88 bits per heavy atom. The van der Waals surface area contributed by atoms with E-state index in [4.69, 9.17) is 0 Å². The molecule has 2 amide bonds. The molecule has 2 saturated carbocycles. The molecule has 5 rings (SSSR count). The molecular weight excluding hydrogens is 412 g/mol. The summed E-state index contributed by atoms with van der Waals surface area (Å²) in [6.07, 6.45) is 11.1. The second-order valence-electron chi connectivity index (χ2n) is 9.61. The molecule has 0 unspecified atom stereocenters. The van der Waals surface area contributed by atoms with Crippen molar-refractivity contribution in [2.24, 2.45) is 11.8 Å². The number of H-pyrrole nitrogens is 2. The topological polar surface area (TPSA) is 88.1 Å². The molecule has 0 aliphatic heterocycles. The van der Waals surface area contributed by atoms with Crippen LogP contribution < -0.4 is 15.6 Å². The van der Waals surface area contributed by atoms with E-state index in [1.165, 1.54) is 12.8 Å². The summed E-state index contributed by atoms with van der Waals surface area (Å²) in [4.78, 5) is 31.9. The summed E-state index contributed by atoms with van der Waals surface area (Å²) in [6, 6.07) is 13.8. The lowest BCUT2D eigenvalue weighted by Gasteiger charge is -2.20. The highest BCUT2D eigenvalue weighted by Gasteiger charge is 2.22. The second kappa shape index (κ2) is 9.77. The number of amides is 2. The Balaban J connectivity index is 1.25. The van der Waals surface area contributed by atoms with E-state index in [9.17, 15) is 9.59 Å². The quantitative estimate of drug-likeness (QED) is 0.471. The van der Waals surface area contributed by atoms with Gasteiger partial charge in [-0.15, -0.1) is 0 Å². The van der Waals surface area contributed by atoms with Crippen molar-refractivity contribution in [1.29, 1.82) is 0 Å². The summed E-state index contributed by atoms with van der Waals surface area (Å²) in [5, 5.41) is 6.16. The van der Waals surface area contributed by atoms with Crippen LogP contribution in [0.3, 0.4) is 0 Å². The number of hydrogen-bond donors (Lipinski definition) is 3. The number of aromatic nitrogens is 2. The number of fused-ring (bicyclic) bond motifs is 1. The van der Waals surface area contributed by atoms with Gasteiger partial charge in [0.05, 0.1) is 5.56 Å². The molecular formula is C27H33N4O2+. The van der Waals surface area contributed by atoms with Crippen LogP contribution in [0.5, 0.6) is 0 Å². The second-order valence-corrected chi connectivity index (χ2v) is 9.61. The van der Waals surface area contributed by atoms with Crippen LogP contribution in [0.25, 0.3) is 22.4 Å². The first-order valence-corrected chi connectivity index (χ1v) is 12.4. The Kier molecular flexibility index (Phi) is 6.42. The highest BCUT2D eigenvalue weighted by atomic mass is 16.2. The molecule has 0 radical (unpaired) electrons. The molecule has 0 spiro atoms. The van der Waals surface area contributed by atoms with Gasteiger partial charge in [0.25, 0.3) is 5.82 Å². The molecule has 6 heteroatoms. The first-order chi connectivity index (χ1) is 16.2. The molecule has 3 aromatic rings. The van der Waals surface area contributed by atoms with Crippen LogP contribution >= 0.6 is 0 Å². The van der Waals surface area contributed by atoms with Gasteiger partial charge in [0.1, 0.15) is 0 Å². The van der Waals surface area contributed by atoms with Gasteiger partial charge in [-0.25, -0.2) is 9.97 Å². The van der Waals surface area contributed by atoms with Gasteiger partial charge >= 0.3 is 0 Å². The molecule has 6 nitrogen and oxygen atoms in total. The van der Waals surface area contributed by atoms with Crippen molar-refractivity contribution in [2.75, 3.05) is 10.6 Å². The van der Waals surface area contributed by atoms with E-state index in [2.05, 4.69) is 20.6 Å². The summed E-state index contributed by atoms with van der Waals surface area (Å²) in [7, 11) is 0. The third kappa shape index (κ3) is 5.10. The predicted molar refractivity (Wildman–Crippen MR) is 131 cm³/mol. The molecule has 33 heavy (non-hydrogen) atoms. The third-order valence-corrected chi connectivity index (χ3v) is 7.20. The van der Waals surface area contributed by atoms with Crippen molar-refractivity contribution in [3.63, 3.8) is 0 Å². The Hall–Kier alpha value is -3.15. The fourth-order valence-electron chi connectivity index (χ4n) is 5.22. The zero-order valence-corrected chi connectivity index (χ0v) is 19.1. The highest BCUT2D eigenvalue weighted by Crippen LogP contribution is 2.27. The van der Waals surface area contributed by atoms with Crippen LogP contribution in [0, 0.1) is 11.8 Å². The van der Waals surface area contributed by atoms with Crippen molar-refractivity contribution < 1.29 is 14.6 Å². The van der Waals surface area contributed by atoms with E-state index in [0.29, 0.717) is 0 Å². The molecule has 2 aromatic carbocycles. The fraction of sp³-hybridized carbons (Fsp3) is 0.444. The largest absolute Gasteiger partial charge is 0.326 e. The van der Waals surface area contributed by atoms with Gasteiger partial charge in [-0.1, -0.05) is 38.5 Å². The molecule has 2 fully saturated rings. The highest BCUT2D eigenvalue weighted by molar-refractivity contribution is 5.94. The Labute approximate surface area is 194 Å². The van der Waals surface area contributed by atoms with Crippen LogP contribution in [0.4, 0.5) is 11.4 Å². The van der Waals surface area contributed by atoms with Crippen LogP contribution in [-0.4, -0.2) is 16.8 Å². The van der Waals surface area contributed by atoms with Gasteiger partial charge in [-0.05, 0) is 62.1 Å². The van der Waals surface area contributed by atoms with E-state index in [0.717, 1.165) is 85.2 Å². The zero-order valence-electron chi connectivity index (χ0n) is 19.1. The minimum atomic E-state index is 0.135. The number of aromatic amines is 2. The summed E-state index contributed by atoms with van der Waals surface area (Å²) in [6.45, 7) is 0. The minimum absolute atomic E-state index is 0.135. The van der Waals surface area contributed by atoms with Gasteiger partial charge < -0.3 is 10.6 Å². The predicted octanol–water partition coefficient (Wildman–Crippen LogP) is 5.69. The Morgan fingerprint density at radius 1 is 0.727 bits per heavy atom. The molecule has 1 aromatic heterocycles. The van der Waals surface area contributed by atoms with Crippen molar-refractivity contribution in [3.8, 4) is 11.4 Å². The lowest BCUT2D eigenvalue weighted by atomic mass is 9.88. The molecule has 172 valence electrons. The maximum Gasteiger partial charge on any atom is 0.285 e. The number of carbonyl (C=O) groups excluding carboxylic acids is 2. The SMILES string of the molecule is O=C(Nc1ccc(-c2[nH]c3cc(NC(=O)C4CCCCC4)ccc3[nH+]2)cc1)C1CCCCC1. The summed E-state index contributed by atoms with van der Waals surface area (Å²) >= 11 is 0. The lowest BCUT2D eigenvalue weighted by Crippen LogP contribution is -2.24. The van der Waals surface area contributed by atoms with Crippen molar-refractivity contribution >= 4 is 34.2 Å². The number of carbonyl (C=O) groups is 2. The first-order valence-electron chi connectivity index (χ1n) is 12.4. The normalized spacial score (nSPS) is 17.7. The summed E-state index contributed by atoms with van der Waals surface area (Å²) in [5.74, 6) is 1.45.